The number of nitrogens with one attached hydrogen (secondary N) is 1. The van der Waals surface area contributed by atoms with E-state index in [1.165, 1.54) is 11.8 Å². The number of benzene rings is 2. The van der Waals surface area contributed by atoms with Gasteiger partial charge in [-0.3, -0.25) is 4.79 Å². The highest BCUT2D eigenvalue weighted by Gasteiger charge is 2.33. The highest BCUT2D eigenvalue weighted by Crippen LogP contribution is 2.45. The highest BCUT2D eigenvalue weighted by atomic mass is 32.2. The van der Waals surface area contributed by atoms with E-state index in [4.69, 9.17) is 9.47 Å². The summed E-state index contributed by atoms with van der Waals surface area (Å²) in [5.41, 5.74) is 1.53. The molecule has 0 unspecified atom stereocenters. The Balaban J connectivity index is 1.99. The van der Waals surface area contributed by atoms with E-state index in [0.717, 1.165) is 16.2 Å². The summed E-state index contributed by atoms with van der Waals surface area (Å²) in [5.74, 6) is 1.02. The van der Waals surface area contributed by atoms with Gasteiger partial charge in [0.15, 0.2) is 0 Å². The third kappa shape index (κ3) is 3.13. The summed E-state index contributed by atoms with van der Waals surface area (Å²) in [6, 6.07) is 12.8. The van der Waals surface area contributed by atoms with Crippen molar-refractivity contribution < 1.29 is 19.4 Å². The van der Waals surface area contributed by atoms with Gasteiger partial charge in [0.05, 0.1) is 25.2 Å². The van der Waals surface area contributed by atoms with Crippen LogP contribution < -0.4 is 14.8 Å². The topological polar surface area (TPSA) is 67.8 Å². The van der Waals surface area contributed by atoms with Crippen LogP contribution in [0, 0.1) is 0 Å². The van der Waals surface area contributed by atoms with Crippen LogP contribution in [-0.2, 0) is 4.79 Å². The molecule has 0 fully saturated rings. The Morgan fingerprint density at radius 1 is 1.04 bits per heavy atom. The van der Waals surface area contributed by atoms with Crippen molar-refractivity contribution in [3.63, 3.8) is 0 Å². The number of carbonyl (C=O) groups is 1. The predicted molar refractivity (Wildman–Crippen MR) is 89.2 cm³/mol. The van der Waals surface area contributed by atoms with Gasteiger partial charge in [0.2, 0.25) is 0 Å². The number of thioether (sulfide) groups is 1. The first-order chi connectivity index (χ1) is 11.1. The molecule has 2 aromatic rings. The largest absolute Gasteiger partial charge is 0.497 e. The Hall–Kier alpha value is -2.18. The fourth-order valence-corrected chi connectivity index (χ4v) is 3.67. The van der Waals surface area contributed by atoms with Crippen molar-refractivity contribution in [2.45, 2.75) is 16.2 Å². The van der Waals surface area contributed by atoms with Gasteiger partial charge in [0, 0.05) is 4.90 Å². The first kappa shape index (κ1) is 15.7. The normalized spacial score (nSPS) is 20.2. The lowest BCUT2D eigenvalue weighted by molar-refractivity contribution is -0.124. The van der Waals surface area contributed by atoms with E-state index in [1.807, 2.05) is 30.3 Å². The van der Waals surface area contributed by atoms with E-state index in [0.29, 0.717) is 11.4 Å². The second-order valence-electron chi connectivity index (χ2n) is 5.11. The average molecular weight is 331 g/mol. The lowest BCUT2D eigenvalue weighted by Gasteiger charge is -2.19. The third-order valence-corrected chi connectivity index (χ3v) is 5.08. The number of ether oxygens (including phenoxy) is 2. The fraction of sp³-hybridized carbons (Fsp3) is 0.235. The summed E-state index contributed by atoms with van der Waals surface area (Å²) in [5, 5.41) is 12.7. The van der Waals surface area contributed by atoms with Crippen LogP contribution in [0.3, 0.4) is 0 Å². The standard InChI is InChI=1S/C17H17NO4S/c1-21-11-5-3-10(4-6-11)16-15(19)17(20)18-13-8-7-12(22-2)9-14(13)23-16/h3-9,15-16,19H,1-2H3,(H,18,20)/t15-,16+/m0/s1. The molecule has 2 N–H and O–H groups in total. The molecule has 1 aliphatic heterocycles. The number of anilines is 1. The minimum Gasteiger partial charge on any atom is -0.497 e. The number of aliphatic hydroxyl groups is 1. The molecule has 3 rings (SSSR count). The fourth-order valence-electron chi connectivity index (χ4n) is 2.42. The van der Waals surface area contributed by atoms with Gasteiger partial charge in [-0.25, -0.2) is 0 Å². The maximum Gasteiger partial charge on any atom is 0.254 e. The summed E-state index contributed by atoms with van der Waals surface area (Å²) in [7, 11) is 3.19. The SMILES string of the molecule is COc1ccc([C@H]2Sc3cc(OC)ccc3NC(=O)[C@H]2O)cc1. The number of aliphatic hydroxyl groups excluding tert-OH is 1. The van der Waals surface area contributed by atoms with Crippen LogP contribution in [-0.4, -0.2) is 31.3 Å². The van der Waals surface area contributed by atoms with E-state index in [2.05, 4.69) is 5.32 Å². The monoisotopic (exact) mass is 331 g/mol. The number of methoxy groups -OCH3 is 2. The van der Waals surface area contributed by atoms with Crippen molar-refractivity contribution in [2.24, 2.45) is 0 Å². The average Bonchev–Trinajstić information content (AvgIpc) is 2.71. The Bertz CT molecular complexity index is 717. The molecule has 0 aromatic heterocycles. The number of carbonyl (C=O) groups excluding carboxylic acids is 1. The zero-order valence-corrected chi connectivity index (χ0v) is 13.6. The molecular formula is C17H17NO4S. The number of hydrogen-bond donors (Lipinski definition) is 2. The molecule has 23 heavy (non-hydrogen) atoms. The molecule has 5 nitrogen and oxygen atoms in total. The first-order valence-corrected chi connectivity index (χ1v) is 7.98. The molecule has 0 spiro atoms. The van der Waals surface area contributed by atoms with E-state index in [1.54, 1.807) is 26.4 Å². The second kappa shape index (κ2) is 6.52. The van der Waals surface area contributed by atoms with Gasteiger partial charge < -0.3 is 19.9 Å². The molecule has 0 aliphatic carbocycles. The maximum absolute atomic E-state index is 12.2. The molecule has 6 heteroatoms. The van der Waals surface area contributed by atoms with Crippen LogP contribution in [0.1, 0.15) is 10.8 Å². The zero-order chi connectivity index (χ0) is 16.4. The predicted octanol–water partition coefficient (Wildman–Crippen LogP) is 2.85. The maximum atomic E-state index is 12.2. The summed E-state index contributed by atoms with van der Waals surface area (Å²) in [6.45, 7) is 0. The Morgan fingerprint density at radius 3 is 2.35 bits per heavy atom. The van der Waals surface area contributed by atoms with Gasteiger partial charge in [-0.15, -0.1) is 11.8 Å². The van der Waals surface area contributed by atoms with Gasteiger partial charge in [0.1, 0.15) is 17.6 Å². The molecule has 0 saturated heterocycles. The number of amides is 1. The molecule has 2 atom stereocenters. The van der Waals surface area contributed by atoms with Crippen LogP contribution in [0.2, 0.25) is 0 Å². The molecule has 0 saturated carbocycles. The zero-order valence-electron chi connectivity index (χ0n) is 12.8. The molecular weight excluding hydrogens is 314 g/mol. The molecule has 1 heterocycles. The number of rotatable bonds is 3. The van der Waals surface area contributed by atoms with Crippen molar-refractivity contribution in [3.8, 4) is 11.5 Å². The van der Waals surface area contributed by atoms with Crippen molar-refractivity contribution in [1.82, 2.24) is 0 Å². The molecule has 2 aromatic carbocycles. The number of hydrogen-bond acceptors (Lipinski definition) is 5. The van der Waals surface area contributed by atoms with Crippen molar-refractivity contribution >= 4 is 23.4 Å². The van der Waals surface area contributed by atoms with Gasteiger partial charge in [-0.2, -0.15) is 0 Å². The van der Waals surface area contributed by atoms with Gasteiger partial charge in [-0.1, -0.05) is 12.1 Å². The summed E-state index contributed by atoms with van der Waals surface area (Å²) in [4.78, 5) is 13.1. The molecule has 1 aliphatic rings. The van der Waals surface area contributed by atoms with Crippen molar-refractivity contribution in [3.05, 3.63) is 48.0 Å². The van der Waals surface area contributed by atoms with E-state index >= 15 is 0 Å². The molecule has 0 radical (unpaired) electrons. The smallest absolute Gasteiger partial charge is 0.254 e. The lowest BCUT2D eigenvalue weighted by Crippen LogP contribution is -2.30. The summed E-state index contributed by atoms with van der Waals surface area (Å²) >= 11 is 1.43. The molecule has 0 bridgehead atoms. The second-order valence-corrected chi connectivity index (χ2v) is 6.29. The highest BCUT2D eigenvalue weighted by molar-refractivity contribution is 7.99. The quantitative estimate of drug-likeness (QED) is 0.905. The summed E-state index contributed by atoms with van der Waals surface area (Å²) in [6.07, 6.45) is -1.15. The van der Waals surface area contributed by atoms with Gasteiger partial charge in [0.25, 0.3) is 5.91 Å². The van der Waals surface area contributed by atoms with Gasteiger partial charge in [-0.05, 0) is 35.9 Å². The Labute approximate surface area is 138 Å². The van der Waals surface area contributed by atoms with Crippen LogP contribution in [0.15, 0.2) is 47.4 Å². The van der Waals surface area contributed by atoms with E-state index in [-0.39, 0.29) is 0 Å². The van der Waals surface area contributed by atoms with E-state index < -0.39 is 17.3 Å². The first-order valence-electron chi connectivity index (χ1n) is 7.10. The minimum absolute atomic E-state index is 0.408. The van der Waals surface area contributed by atoms with Crippen molar-refractivity contribution in [2.75, 3.05) is 19.5 Å². The Morgan fingerprint density at radius 2 is 1.70 bits per heavy atom. The minimum atomic E-state index is -1.15. The van der Waals surface area contributed by atoms with Crippen LogP contribution in [0.5, 0.6) is 11.5 Å². The van der Waals surface area contributed by atoms with Crippen molar-refractivity contribution in [1.29, 1.82) is 0 Å². The number of fused-ring (bicyclic) bond motifs is 1. The lowest BCUT2D eigenvalue weighted by atomic mass is 10.1. The summed E-state index contributed by atoms with van der Waals surface area (Å²) < 4.78 is 10.4. The Kier molecular flexibility index (Phi) is 4.45. The van der Waals surface area contributed by atoms with Crippen LogP contribution >= 0.6 is 11.8 Å². The van der Waals surface area contributed by atoms with E-state index in [9.17, 15) is 9.90 Å². The third-order valence-electron chi connectivity index (χ3n) is 3.70. The van der Waals surface area contributed by atoms with Crippen LogP contribution in [0.25, 0.3) is 0 Å². The molecule has 120 valence electrons. The van der Waals surface area contributed by atoms with Crippen LogP contribution in [0.4, 0.5) is 5.69 Å². The van der Waals surface area contributed by atoms with Gasteiger partial charge >= 0.3 is 0 Å². The molecule has 1 amide bonds.